The Morgan fingerprint density at radius 1 is 1.14 bits per heavy atom. The van der Waals surface area contributed by atoms with Crippen molar-refractivity contribution in [2.75, 3.05) is 14.2 Å². The van der Waals surface area contributed by atoms with Gasteiger partial charge in [-0.1, -0.05) is 11.6 Å². The second-order valence-corrected chi connectivity index (χ2v) is 2.41. The second kappa shape index (κ2) is 8.42. The molecule has 0 saturated carbocycles. The van der Waals surface area contributed by atoms with Gasteiger partial charge in [0.15, 0.2) is 0 Å². The molecule has 0 atom stereocenters. The van der Waals surface area contributed by atoms with Gasteiger partial charge in [-0.15, -0.1) is 12.4 Å². The molecule has 78 valence electrons. The molecule has 14 heavy (non-hydrogen) atoms. The topological polar surface area (TPSA) is 66.0 Å². The van der Waals surface area contributed by atoms with E-state index in [1.54, 1.807) is 32.4 Å². The Morgan fingerprint density at radius 3 is 2.14 bits per heavy atom. The first-order valence-corrected chi connectivity index (χ1v) is 3.73. The molecule has 0 saturated heterocycles. The summed E-state index contributed by atoms with van der Waals surface area (Å²) < 4.78 is 9.95. The number of benzene rings is 1. The van der Waals surface area contributed by atoms with Crippen LogP contribution in [0, 0.1) is 10.8 Å². The molecule has 0 spiro atoms. The first-order chi connectivity index (χ1) is 6.27. The van der Waals surface area contributed by atoms with E-state index in [2.05, 4.69) is 0 Å². The fraction of sp³-hybridized carbons (Fsp3) is 0.250. The molecular weight excluding hydrogens is 227 g/mol. The Labute approximate surface area is 93.6 Å². The monoisotopic (exact) mass is 236 g/mol. The molecule has 1 rings (SSSR count). The van der Waals surface area contributed by atoms with Crippen molar-refractivity contribution in [1.29, 1.82) is 10.8 Å². The maximum absolute atomic E-state index is 6.00. The zero-order valence-electron chi connectivity index (χ0n) is 7.73. The summed E-state index contributed by atoms with van der Waals surface area (Å²) in [6.45, 7) is 0. The van der Waals surface area contributed by atoms with Crippen LogP contribution in [0.4, 0.5) is 0 Å². The maximum Gasteiger partial charge on any atom is 0.141 e. The van der Waals surface area contributed by atoms with Crippen molar-refractivity contribution in [3.8, 4) is 11.5 Å². The fourth-order valence-electron chi connectivity index (χ4n) is 0.767. The van der Waals surface area contributed by atoms with Crippen molar-refractivity contribution in [3.63, 3.8) is 0 Å². The van der Waals surface area contributed by atoms with Crippen LogP contribution in [0.25, 0.3) is 0 Å². The highest BCUT2D eigenvalue weighted by Gasteiger charge is 2.00. The van der Waals surface area contributed by atoms with Crippen LogP contribution in [0.1, 0.15) is 0 Å². The summed E-state index contributed by atoms with van der Waals surface area (Å²) in [6.07, 6.45) is 0. The molecule has 0 bridgehead atoms. The van der Waals surface area contributed by atoms with Crippen LogP contribution in [-0.2, 0) is 0 Å². The van der Waals surface area contributed by atoms with E-state index in [0.717, 1.165) is 5.75 Å². The molecule has 0 radical (unpaired) electrons. The molecule has 0 aliphatic heterocycles. The van der Waals surface area contributed by atoms with Gasteiger partial charge in [0.1, 0.15) is 11.5 Å². The molecule has 0 amide bonds. The Hall–Kier alpha value is -1.18. The summed E-state index contributed by atoms with van der Waals surface area (Å²) in [6, 6.07) is 5.26. The smallest absolute Gasteiger partial charge is 0.141 e. The third-order valence-electron chi connectivity index (χ3n) is 1.36. The van der Waals surface area contributed by atoms with Crippen LogP contribution < -0.4 is 9.47 Å². The minimum atomic E-state index is 0. The average Bonchev–Trinajstić information content (AvgIpc) is 2.22. The zero-order valence-corrected chi connectivity index (χ0v) is 9.30. The minimum Gasteiger partial charge on any atom is -0.497 e. The molecule has 1 aromatic carbocycles. The number of nitrogens with zero attached hydrogens (tertiary/aromatic N) is 2. The van der Waals surface area contributed by atoms with E-state index >= 15 is 0 Å². The molecule has 1 aromatic rings. The maximum atomic E-state index is 6.00. The van der Waals surface area contributed by atoms with Gasteiger partial charge >= 0.3 is 0 Å². The summed E-state index contributed by atoms with van der Waals surface area (Å²) in [5.74, 6) is 1.37. The highest BCUT2D eigenvalue weighted by Crippen LogP contribution is 2.28. The lowest BCUT2D eigenvalue weighted by molar-refractivity contribution is 0.394. The SMILES string of the molecule is COc1ccc(Cl)c(OC)c1.Cl.N#N. The minimum absolute atomic E-state index is 0. The molecule has 0 N–H and O–H groups in total. The van der Waals surface area contributed by atoms with Gasteiger partial charge in [-0.25, -0.2) is 0 Å². The normalized spacial score (nSPS) is 7.50. The Morgan fingerprint density at radius 2 is 1.71 bits per heavy atom. The molecule has 0 aliphatic carbocycles. The molecule has 0 aliphatic rings. The van der Waals surface area contributed by atoms with E-state index in [1.807, 2.05) is 0 Å². The van der Waals surface area contributed by atoms with Crippen LogP contribution in [0.15, 0.2) is 18.2 Å². The van der Waals surface area contributed by atoms with Crippen molar-refractivity contribution >= 4 is 24.0 Å². The lowest BCUT2D eigenvalue weighted by Gasteiger charge is -2.04. The molecule has 0 unspecified atom stereocenters. The molecule has 0 heterocycles. The Bertz CT molecular complexity index is 292. The first-order valence-electron chi connectivity index (χ1n) is 3.35. The summed E-state index contributed by atoms with van der Waals surface area (Å²) in [4.78, 5) is 0. The number of hydrogen-bond donors (Lipinski definition) is 0. The quantitative estimate of drug-likeness (QED) is 0.741. The van der Waals surface area contributed by atoms with E-state index in [-0.39, 0.29) is 12.4 Å². The lowest BCUT2D eigenvalue weighted by atomic mass is 10.3. The van der Waals surface area contributed by atoms with Gasteiger partial charge in [-0.3, -0.25) is 0 Å². The van der Waals surface area contributed by atoms with Crippen molar-refractivity contribution in [2.24, 2.45) is 0 Å². The van der Waals surface area contributed by atoms with Crippen LogP contribution in [0.2, 0.25) is 5.02 Å². The van der Waals surface area contributed by atoms with Crippen LogP contribution in [0.3, 0.4) is 0 Å². The summed E-state index contributed by atoms with van der Waals surface area (Å²) in [5.41, 5.74) is 0. The predicted molar refractivity (Wildman–Crippen MR) is 55.3 cm³/mol. The largest absolute Gasteiger partial charge is 0.497 e. The lowest BCUT2D eigenvalue weighted by Crippen LogP contribution is -1.86. The van der Waals surface area contributed by atoms with Gasteiger partial charge in [-0.2, -0.15) is 0 Å². The summed E-state index contributed by atoms with van der Waals surface area (Å²) in [7, 11) is 3.17. The van der Waals surface area contributed by atoms with Crippen LogP contribution in [-0.4, -0.2) is 14.2 Å². The Kier molecular flexibility index (Phi) is 9.20. The van der Waals surface area contributed by atoms with E-state index < -0.39 is 0 Å². The molecule has 0 aromatic heterocycles. The van der Waals surface area contributed by atoms with Crippen molar-refractivity contribution in [1.82, 2.24) is 0 Å². The van der Waals surface area contributed by atoms with Crippen molar-refractivity contribution in [3.05, 3.63) is 23.2 Å². The van der Waals surface area contributed by atoms with E-state index in [9.17, 15) is 0 Å². The van der Waals surface area contributed by atoms with Gasteiger partial charge in [0.2, 0.25) is 0 Å². The molecule has 0 fully saturated rings. The summed E-state index contributed by atoms with van der Waals surface area (Å²) >= 11 is 5.77. The molecule has 4 nitrogen and oxygen atoms in total. The van der Waals surface area contributed by atoms with Gasteiger partial charge in [-0.05, 0) is 12.1 Å². The van der Waals surface area contributed by atoms with Crippen molar-refractivity contribution in [2.45, 2.75) is 0 Å². The number of methoxy groups -OCH3 is 2. The van der Waals surface area contributed by atoms with Crippen LogP contribution >= 0.6 is 24.0 Å². The number of hydrogen-bond acceptors (Lipinski definition) is 4. The highest BCUT2D eigenvalue weighted by molar-refractivity contribution is 6.32. The molecule has 6 heteroatoms. The third-order valence-corrected chi connectivity index (χ3v) is 1.67. The van der Waals surface area contributed by atoms with Gasteiger partial charge in [0, 0.05) is 16.9 Å². The zero-order chi connectivity index (χ0) is 10.3. The third kappa shape index (κ3) is 4.17. The van der Waals surface area contributed by atoms with Gasteiger partial charge in [0.25, 0.3) is 0 Å². The number of rotatable bonds is 2. The number of halogens is 2. The standard InChI is InChI=1S/C8H9ClO2.ClH.N2/c1-10-6-3-4-7(9)8(5-6)11-2;;1-2/h3-5H,1-2H3;1H;. The van der Waals surface area contributed by atoms with E-state index in [1.165, 1.54) is 0 Å². The Balaban J connectivity index is 0. The van der Waals surface area contributed by atoms with E-state index in [0.29, 0.717) is 10.8 Å². The average molecular weight is 237 g/mol. The predicted octanol–water partition coefficient (Wildman–Crippen LogP) is 2.81. The van der Waals surface area contributed by atoms with E-state index in [4.69, 9.17) is 31.9 Å². The second-order valence-electron chi connectivity index (χ2n) is 2.00. The first kappa shape index (κ1) is 15.3. The van der Waals surface area contributed by atoms with Crippen LogP contribution in [0.5, 0.6) is 11.5 Å². The highest BCUT2D eigenvalue weighted by atomic mass is 35.5. The fourth-order valence-corrected chi connectivity index (χ4v) is 0.962. The van der Waals surface area contributed by atoms with Gasteiger partial charge < -0.3 is 9.47 Å². The number of ether oxygens (including phenoxy) is 2. The van der Waals surface area contributed by atoms with Crippen molar-refractivity contribution < 1.29 is 9.47 Å². The summed E-state index contributed by atoms with van der Waals surface area (Å²) in [5, 5.41) is 12.6. The van der Waals surface area contributed by atoms with Gasteiger partial charge in [0.05, 0.1) is 19.2 Å². The molecular formula is C8H10Cl2N2O2.